The Kier molecular flexibility index (Phi) is 6.26. The fourth-order valence-electron chi connectivity index (χ4n) is 4.57. The first-order valence-corrected chi connectivity index (χ1v) is 12.1. The molecule has 1 aliphatic rings. The van der Waals surface area contributed by atoms with E-state index in [-0.39, 0.29) is 17.5 Å². The molecule has 35 heavy (non-hydrogen) atoms. The molecule has 0 saturated carbocycles. The minimum Gasteiger partial charge on any atom is -0.456 e. The number of piperidine rings is 1. The largest absolute Gasteiger partial charge is 0.456 e. The molecule has 1 amide bonds. The number of nitrogens with one attached hydrogen (secondary N) is 2. The summed E-state index contributed by atoms with van der Waals surface area (Å²) in [6, 6.07) is 17.7. The van der Waals surface area contributed by atoms with Gasteiger partial charge >= 0.3 is 0 Å². The Morgan fingerprint density at radius 1 is 1.00 bits per heavy atom. The zero-order valence-electron chi connectivity index (χ0n) is 20.4. The summed E-state index contributed by atoms with van der Waals surface area (Å²) in [5.74, 6) is 1.27. The van der Waals surface area contributed by atoms with Crippen LogP contribution in [0.4, 0.5) is 0 Å². The maximum absolute atomic E-state index is 13.1. The number of likely N-dealkylation sites (tertiary alicyclic amines) is 1. The van der Waals surface area contributed by atoms with E-state index in [1.807, 2.05) is 54.6 Å². The van der Waals surface area contributed by atoms with Gasteiger partial charge in [-0.05, 0) is 69.5 Å². The summed E-state index contributed by atoms with van der Waals surface area (Å²) in [4.78, 5) is 20.0. The molecular formula is C28H31N5O2. The number of H-pyrrole nitrogens is 1. The highest BCUT2D eigenvalue weighted by Gasteiger charge is 2.28. The van der Waals surface area contributed by atoms with Crippen LogP contribution < -0.4 is 10.1 Å². The molecule has 2 aromatic carbocycles. The second-order valence-corrected chi connectivity index (χ2v) is 10.1. The minimum atomic E-state index is -0.137. The fraction of sp³-hybridized carbons (Fsp3) is 0.321. The van der Waals surface area contributed by atoms with Gasteiger partial charge in [-0.15, -0.1) is 0 Å². The molecule has 0 unspecified atom stereocenters. The Morgan fingerprint density at radius 2 is 1.77 bits per heavy atom. The summed E-state index contributed by atoms with van der Waals surface area (Å²) in [5.41, 5.74) is 3.25. The van der Waals surface area contributed by atoms with Gasteiger partial charge in [0.2, 0.25) is 0 Å². The van der Waals surface area contributed by atoms with Crippen LogP contribution in [-0.2, 0) is 0 Å². The standard InChI is InChI=1S/C28H31N5O2/c1-28(2,3)33-13-11-21(12-14-33)30-27(34)26-24-16-19(9-10-25(24)31-32-26)20-15-23(18-29-17-20)35-22-7-5-4-6-8-22/h4-10,15-18,21H,11-14H2,1-3H3,(H,30,34)(H,31,32). The highest BCUT2D eigenvalue weighted by atomic mass is 16.5. The van der Waals surface area contributed by atoms with Crippen molar-refractivity contribution in [3.63, 3.8) is 0 Å². The number of ether oxygens (including phenoxy) is 1. The summed E-state index contributed by atoms with van der Waals surface area (Å²) in [6.45, 7) is 8.66. The molecule has 0 bridgehead atoms. The van der Waals surface area contributed by atoms with Gasteiger partial charge in [0.05, 0.1) is 11.7 Å². The molecule has 4 aromatic rings. The SMILES string of the molecule is CC(C)(C)N1CCC(NC(=O)c2n[nH]c3ccc(-c4cncc(Oc5ccccc5)c4)cc23)CC1. The predicted molar refractivity (Wildman–Crippen MR) is 138 cm³/mol. The molecule has 3 heterocycles. The van der Waals surface area contributed by atoms with E-state index in [1.165, 1.54) is 0 Å². The average molecular weight is 470 g/mol. The number of fused-ring (bicyclic) bond motifs is 1. The number of amides is 1. The Balaban J connectivity index is 1.33. The van der Waals surface area contributed by atoms with Crippen LogP contribution in [0.15, 0.2) is 67.0 Å². The third-order valence-electron chi connectivity index (χ3n) is 6.58. The van der Waals surface area contributed by atoms with Crippen molar-refractivity contribution in [3.8, 4) is 22.6 Å². The molecule has 5 rings (SSSR count). The van der Waals surface area contributed by atoms with Crippen molar-refractivity contribution in [2.24, 2.45) is 0 Å². The summed E-state index contributed by atoms with van der Waals surface area (Å²) in [6.07, 6.45) is 5.37. The number of nitrogens with zero attached hydrogens (tertiary/aromatic N) is 3. The van der Waals surface area contributed by atoms with E-state index >= 15 is 0 Å². The molecule has 1 saturated heterocycles. The summed E-state index contributed by atoms with van der Waals surface area (Å²) in [5, 5.41) is 11.3. The molecule has 2 aromatic heterocycles. The van der Waals surface area contributed by atoms with E-state index in [1.54, 1.807) is 12.4 Å². The fourth-order valence-corrected chi connectivity index (χ4v) is 4.57. The van der Waals surface area contributed by atoms with Crippen molar-refractivity contribution < 1.29 is 9.53 Å². The highest BCUT2D eigenvalue weighted by Crippen LogP contribution is 2.29. The second kappa shape index (κ2) is 9.50. The number of rotatable bonds is 5. The number of benzene rings is 2. The number of hydrogen-bond donors (Lipinski definition) is 2. The Bertz CT molecular complexity index is 1320. The van der Waals surface area contributed by atoms with Crippen molar-refractivity contribution in [1.29, 1.82) is 0 Å². The van der Waals surface area contributed by atoms with Crippen molar-refractivity contribution in [1.82, 2.24) is 25.4 Å². The molecule has 7 heteroatoms. The van der Waals surface area contributed by atoms with Gasteiger partial charge in [-0.3, -0.25) is 19.8 Å². The number of hydrogen-bond acceptors (Lipinski definition) is 5. The van der Waals surface area contributed by atoms with Crippen LogP contribution in [-0.4, -0.2) is 50.7 Å². The van der Waals surface area contributed by atoms with E-state index in [0.29, 0.717) is 11.4 Å². The average Bonchev–Trinajstić information content (AvgIpc) is 3.28. The van der Waals surface area contributed by atoms with E-state index in [0.717, 1.165) is 53.7 Å². The molecule has 0 radical (unpaired) electrons. The van der Waals surface area contributed by atoms with Crippen LogP contribution in [0.25, 0.3) is 22.0 Å². The zero-order chi connectivity index (χ0) is 24.4. The molecule has 0 aliphatic carbocycles. The lowest BCUT2D eigenvalue weighted by atomic mass is 9.98. The van der Waals surface area contributed by atoms with Gasteiger partial charge in [-0.2, -0.15) is 5.10 Å². The number of aromatic nitrogens is 3. The monoisotopic (exact) mass is 469 g/mol. The van der Waals surface area contributed by atoms with Gasteiger partial charge in [0.25, 0.3) is 5.91 Å². The lowest BCUT2D eigenvalue weighted by molar-refractivity contribution is 0.0810. The number of pyridine rings is 1. The van der Waals surface area contributed by atoms with Crippen LogP contribution in [0.2, 0.25) is 0 Å². The van der Waals surface area contributed by atoms with Crippen LogP contribution in [0, 0.1) is 0 Å². The van der Waals surface area contributed by atoms with Crippen LogP contribution >= 0.6 is 0 Å². The molecule has 1 fully saturated rings. The first-order valence-electron chi connectivity index (χ1n) is 12.1. The summed E-state index contributed by atoms with van der Waals surface area (Å²) in [7, 11) is 0. The van der Waals surface area contributed by atoms with Gasteiger partial charge in [0.1, 0.15) is 11.5 Å². The molecule has 7 nitrogen and oxygen atoms in total. The predicted octanol–water partition coefficient (Wildman–Crippen LogP) is 5.41. The van der Waals surface area contributed by atoms with Gasteiger partial charge in [-0.25, -0.2) is 0 Å². The lowest BCUT2D eigenvalue weighted by Gasteiger charge is -2.40. The number of carbonyl (C=O) groups is 1. The van der Waals surface area contributed by atoms with Crippen LogP contribution in [0.1, 0.15) is 44.1 Å². The third kappa shape index (κ3) is 5.20. The quantitative estimate of drug-likeness (QED) is 0.408. The molecule has 2 N–H and O–H groups in total. The van der Waals surface area contributed by atoms with Gasteiger partial charge in [0, 0.05) is 41.8 Å². The van der Waals surface area contributed by atoms with Gasteiger partial charge in [0.15, 0.2) is 5.69 Å². The second-order valence-electron chi connectivity index (χ2n) is 10.1. The third-order valence-corrected chi connectivity index (χ3v) is 6.58. The smallest absolute Gasteiger partial charge is 0.272 e. The summed E-state index contributed by atoms with van der Waals surface area (Å²) < 4.78 is 5.94. The maximum atomic E-state index is 13.1. The van der Waals surface area contributed by atoms with E-state index in [9.17, 15) is 4.79 Å². The first kappa shape index (κ1) is 23.1. The van der Waals surface area contributed by atoms with Crippen LogP contribution in [0.3, 0.4) is 0 Å². The maximum Gasteiger partial charge on any atom is 0.272 e. The topological polar surface area (TPSA) is 83.1 Å². The Hall–Kier alpha value is -3.71. The molecular weight excluding hydrogens is 438 g/mol. The highest BCUT2D eigenvalue weighted by molar-refractivity contribution is 6.05. The van der Waals surface area contributed by atoms with E-state index < -0.39 is 0 Å². The van der Waals surface area contributed by atoms with E-state index in [2.05, 4.69) is 46.2 Å². The Morgan fingerprint density at radius 3 is 2.51 bits per heavy atom. The van der Waals surface area contributed by atoms with Crippen molar-refractivity contribution in [2.45, 2.75) is 45.2 Å². The lowest BCUT2D eigenvalue weighted by Crippen LogP contribution is -2.50. The molecule has 1 aliphatic heterocycles. The molecule has 0 spiro atoms. The molecule has 180 valence electrons. The van der Waals surface area contributed by atoms with Gasteiger partial charge in [-0.1, -0.05) is 24.3 Å². The normalized spacial score (nSPS) is 15.3. The van der Waals surface area contributed by atoms with Crippen molar-refractivity contribution in [2.75, 3.05) is 13.1 Å². The number of para-hydroxylation sites is 1. The molecule has 0 atom stereocenters. The number of carbonyl (C=O) groups excluding carboxylic acids is 1. The zero-order valence-corrected chi connectivity index (χ0v) is 20.4. The number of aromatic amines is 1. The van der Waals surface area contributed by atoms with Crippen molar-refractivity contribution >= 4 is 16.8 Å². The summed E-state index contributed by atoms with van der Waals surface area (Å²) >= 11 is 0. The van der Waals surface area contributed by atoms with Crippen LogP contribution in [0.5, 0.6) is 11.5 Å². The first-order chi connectivity index (χ1) is 16.9. The van der Waals surface area contributed by atoms with Gasteiger partial charge < -0.3 is 10.1 Å². The minimum absolute atomic E-state index is 0.137. The Labute approximate surface area is 205 Å². The van der Waals surface area contributed by atoms with E-state index in [4.69, 9.17) is 4.74 Å². The van der Waals surface area contributed by atoms with Crippen molar-refractivity contribution in [3.05, 3.63) is 72.7 Å².